The quantitative estimate of drug-likeness (QED) is 0.914. The second-order valence-electron chi connectivity index (χ2n) is 4.22. The predicted molar refractivity (Wildman–Crippen MR) is 73.7 cm³/mol. The summed E-state index contributed by atoms with van der Waals surface area (Å²) in [4.78, 5) is 14.7. The molecular weight excluding hydrogens is 245 g/mol. The number of halogens is 1. The lowest BCUT2D eigenvalue weighted by atomic mass is 10.2. The van der Waals surface area contributed by atoms with E-state index in [0.717, 1.165) is 0 Å². The third-order valence-electron chi connectivity index (χ3n) is 2.44. The number of nitrogens with zero attached hydrogens (tertiary/aromatic N) is 4. The van der Waals surface area contributed by atoms with Crippen LogP contribution in [0.3, 0.4) is 0 Å². The largest absolute Gasteiger partial charge is 0.354 e. The van der Waals surface area contributed by atoms with Gasteiger partial charge in [0, 0.05) is 26.2 Å². The Balaban J connectivity index is 2.49. The summed E-state index contributed by atoms with van der Waals surface area (Å²) < 4.78 is 13.3. The van der Waals surface area contributed by atoms with Gasteiger partial charge in [-0.2, -0.15) is 15.0 Å². The number of rotatable bonds is 4. The number of anilines is 2. The number of nitrogens with one attached hydrogen (secondary N) is 1. The van der Waals surface area contributed by atoms with Gasteiger partial charge in [-0.1, -0.05) is 12.1 Å². The van der Waals surface area contributed by atoms with Gasteiger partial charge in [0.05, 0.1) is 0 Å². The van der Waals surface area contributed by atoms with Crippen LogP contribution in [-0.4, -0.2) is 35.6 Å². The summed E-state index contributed by atoms with van der Waals surface area (Å²) >= 11 is 0. The first-order valence-electron chi connectivity index (χ1n) is 6.03. The second-order valence-corrected chi connectivity index (χ2v) is 4.22. The molecule has 0 aliphatic heterocycles. The van der Waals surface area contributed by atoms with Crippen molar-refractivity contribution in [3.8, 4) is 11.4 Å². The molecule has 0 saturated carbocycles. The maximum absolute atomic E-state index is 13.3. The summed E-state index contributed by atoms with van der Waals surface area (Å²) in [6, 6.07) is 6.21. The Kier molecular flexibility index (Phi) is 3.89. The zero-order valence-corrected chi connectivity index (χ0v) is 11.2. The van der Waals surface area contributed by atoms with Crippen molar-refractivity contribution in [1.29, 1.82) is 0 Å². The minimum absolute atomic E-state index is 0.311. The van der Waals surface area contributed by atoms with Crippen LogP contribution in [0.1, 0.15) is 6.92 Å². The molecule has 2 aromatic rings. The Bertz CT molecular complexity index is 571. The highest BCUT2D eigenvalue weighted by atomic mass is 19.1. The van der Waals surface area contributed by atoms with Crippen molar-refractivity contribution in [2.45, 2.75) is 6.92 Å². The summed E-state index contributed by atoms with van der Waals surface area (Å²) in [6.07, 6.45) is 0. The fourth-order valence-electron chi connectivity index (χ4n) is 1.56. The Morgan fingerprint density at radius 1 is 1.21 bits per heavy atom. The standard InChI is InChI=1S/C13H16FN5/c1-4-15-12-16-11(17-13(18-12)19(2)3)9-6-5-7-10(14)8-9/h5-8H,4H2,1-3H3,(H,15,16,17,18). The maximum Gasteiger partial charge on any atom is 0.230 e. The number of hydrogen-bond donors (Lipinski definition) is 1. The van der Waals surface area contributed by atoms with Crippen molar-refractivity contribution in [2.75, 3.05) is 30.9 Å². The van der Waals surface area contributed by atoms with Gasteiger partial charge in [-0.05, 0) is 19.1 Å². The SMILES string of the molecule is CCNc1nc(-c2cccc(F)c2)nc(N(C)C)n1. The van der Waals surface area contributed by atoms with E-state index in [1.807, 2.05) is 21.0 Å². The summed E-state index contributed by atoms with van der Waals surface area (Å²) in [6.45, 7) is 2.67. The number of benzene rings is 1. The van der Waals surface area contributed by atoms with Gasteiger partial charge in [-0.25, -0.2) is 4.39 Å². The zero-order valence-electron chi connectivity index (χ0n) is 11.2. The Morgan fingerprint density at radius 3 is 2.63 bits per heavy atom. The highest BCUT2D eigenvalue weighted by molar-refractivity contribution is 5.58. The van der Waals surface area contributed by atoms with Crippen molar-refractivity contribution in [1.82, 2.24) is 15.0 Å². The van der Waals surface area contributed by atoms with Crippen molar-refractivity contribution >= 4 is 11.9 Å². The molecule has 0 radical (unpaired) electrons. The molecule has 1 aromatic heterocycles. The molecule has 1 aromatic carbocycles. The fourth-order valence-corrected chi connectivity index (χ4v) is 1.56. The molecule has 0 unspecified atom stereocenters. The van der Waals surface area contributed by atoms with Crippen LogP contribution in [0.2, 0.25) is 0 Å². The van der Waals surface area contributed by atoms with Gasteiger partial charge < -0.3 is 10.2 Å². The van der Waals surface area contributed by atoms with Gasteiger partial charge in [0.1, 0.15) is 5.82 Å². The van der Waals surface area contributed by atoms with Crippen LogP contribution in [-0.2, 0) is 0 Å². The van der Waals surface area contributed by atoms with Crippen LogP contribution in [0.15, 0.2) is 24.3 Å². The molecule has 2 rings (SSSR count). The van der Waals surface area contributed by atoms with E-state index in [1.165, 1.54) is 12.1 Å². The van der Waals surface area contributed by atoms with Gasteiger partial charge in [-0.3, -0.25) is 0 Å². The number of aromatic nitrogens is 3. The Hall–Kier alpha value is -2.24. The predicted octanol–water partition coefficient (Wildman–Crippen LogP) is 2.18. The van der Waals surface area contributed by atoms with Crippen LogP contribution < -0.4 is 10.2 Å². The molecule has 0 fully saturated rings. The molecule has 19 heavy (non-hydrogen) atoms. The van der Waals surface area contributed by atoms with Gasteiger partial charge in [0.2, 0.25) is 11.9 Å². The van der Waals surface area contributed by atoms with Crippen molar-refractivity contribution in [2.24, 2.45) is 0 Å². The van der Waals surface area contributed by atoms with E-state index >= 15 is 0 Å². The molecule has 1 heterocycles. The van der Waals surface area contributed by atoms with Gasteiger partial charge in [0.25, 0.3) is 0 Å². The molecular formula is C13H16FN5. The summed E-state index contributed by atoms with van der Waals surface area (Å²) in [5.41, 5.74) is 0.629. The van der Waals surface area contributed by atoms with E-state index < -0.39 is 0 Å². The molecule has 5 nitrogen and oxygen atoms in total. The molecule has 0 bridgehead atoms. The van der Waals surface area contributed by atoms with Crippen LogP contribution in [0, 0.1) is 5.82 Å². The monoisotopic (exact) mass is 261 g/mol. The average molecular weight is 261 g/mol. The normalized spacial score (nSPS) is 10.3. The van der Waals surface area contributed by atoms with E-state index in [2.05, 4.69) is 20.3 Å². The molecule has 6 heteroatoms. The lowest BCUT2D eigenvalue weighted by molar-refractivity contribution is 0.628. The van der Waals surface area contributed by atoms with E-state index in [0.29, 0.717) is 29.8 Å². The van der Waals surface area contributed by atoms with Gasteiger partial charge in [0.15, 0.2) is 5.82 Å². The Labute approximate surface area is 111 Å². The molecule has 1 N–H and O–H groups in total. The van der Waals surface area contributed by atoms with Crippen LogP contribution in [0.4, 0.5) is 16.3 Å². The van der Waals surface area contributed by atoms with E-state index in [1.54, 1.807) is 17.0 Å². The zero-order chi connectivity index (χ0) is 13.8. The minimum Gasteiger partial charge on any atom is -0.354 e. The summed E-state index contributed by atoms with van der Waals surface area (Å²) in [7, 11) is 3.70. The molecule has 0 spiro atoms. The molecule has 0 aliphatic carbocycles. The van der Waals surface area contributed by atoms with E-state index in [-0.39, 0.29) is 5.82 Å². The van der Waals surface area contributed by atoms with Crippen molar-refractivity contribution in [3.05, 3.63) is 30.1 Å². The van der Waals surface area contributed by atoms with Crippen LogP contribution in [0.5, 0.6) is 0 Å². The smallest absolute Gasteiger partial charge is 0.230 e. The number of hydrogen-bond acceptors (Lipinski definition) is 5. The third-order valence-corrected chi connectivity index (χ3v) is 2.44. The fraction of sp³-hybridized carbons (Fsp3) is 0.308. The summed E-state index contributed by atoms with van der Waals surface area (Å²) in [5, 5.41) is 3.04. The molecule has 0 atom stereocenters. The molecule has 100 valence electrons. The first-order valence-corrected chi connectivity index (χ1v) is 6.03. The highest BCUT2D eigenvalue weighted by Crippen LogP contribution is 2.19. The Morgan fingerprint density at radius 2 is 2.00 bits per heavy atom. The first-order chi connectivity index (χ1) is 9.10. The van der Waals surface area contributed by atoms with E-state index in [4.69, 9.17) is 0 Å². The molecule has 0 amide bonds. The first kappa shape index (κ1) is 13.2. The van der Waals surface area contributed by atoms with Crippen molar-refractivity contribution in [3.63, 3.8) is 0 Å². The average Bonchev–Trinajstić information content (AvgIpc) is 2.38. The topological polar surface area (TPSA) is 53.9 Å². The maximum atomic E-state index is 13.3. The highest BCUT2D eigenvalue weighted by Gasteiger charge is 2.10. The summed E-state index contributed by atoms with van der Waals surface area (Å²) in [5.74, 6) is 1.16. The van der Waals surface area contributed by atoms with E-state index in [9.17, 15) is 4.39 Å². The lowest BCUT2D eigenvalue weighted by Gasteiger charge is -2.13. The molecule has 0 aliphatic rings. The second kappa shape index (κ2) is 5.60. The minimum atomic E-state index is -0.311. The van der Waals surface area contributed by atoms with Gasteiger partial charge >= 0.3 is 0 Å². The van der Waals surface area contributed by atoms with Crippen LogP contribution in [0.25, 0.3) is 11.4 Å². The van der Waals surface area contributed by atoms with Crippen molar-refractivity contribution < 1.29 is 4.39 Å². The third kappa shape index (κ3) is 3.15. The molecule has 0 saturated heterocycles. The lowest BCUT2D eigenvalue weighted by Crippen LogP contribution is -2.15. The van der Waals surface area contributed by atoms with Gasteiger partial charge in [-0.15, -0.1) is 0 Å². The van der Waals surface area contributed by atoms with Crippen LogP contribution >= 0.6 is 0 Å².